The van der Waals surface area contributed by atoms with Crippen molar-refractivity contribution in [1.82, 2.24) is 0 Å². The number of carbonyl (C=O) groups is 1. The van der Waals surface area contributed by atoms with Crippen LogP contribution in [-0.2, 0) is 14.3 Å². The molecular weight excluding hydrogens is 274 g/mol. The predicted molar refractivity (Wildman–Crippen MR) is 63.0 cm³/mol. The van der Waals surface area contributed by atoms with E-state index in [9.17, 15) is 25.2 Å². The third kappa shape index (κ3) is 3.59. The van der Waals surface area contributed by atoms with Gasteiger partial charge in [0.15, 0.2) is 6.10 Å². The Bertz CT molecular complexity index is 435. The first-order valence-electron chi connectivity index (χ1n) is 5.62. The molecular formula is C10H15N3O7. The first kappa shape index (κ1) is 16.2. The lowest BCUT2D eigenvalue weighted by Crippen LogP contribution is -2.53. The molecule has 20 heavy (non-hydrogen) atoms. The molecule has 1 rings (SSSR count). The number of esters is 1. The van der Waals surface area contributed by atoms with Crippen molar-refractivity contribution in [1.29, 1.82) is 0 Å². The number of hydrogen-bond donors (Lipinski definition) is 4. The van der Waals surface area contributed by atoms with Crippen molar-refractivity contribution in [3.05, 3.63) is 22.3 Å². The predicted octanol–water partition coefficient (Wildman–Crippen LogP) is -1.80. The van der Waals surface area contributed by atoms with E-state index in [1.165, 1.54) is 0 Å². The fraction of sp³-hybridized carbons (Fsp3) is 0.700. The highest BCUT2D eigenvalue weighted by molar-refractivity contribution is 5.86. The second-order valence-electron chi connectivity index (χ2n) is 4.06. The number of rotatable bonds is 5. The molecule has 0 aromatic carbocycles. The van der Waals surface area contributed by atoms with Gasteiger partial charge in [-0.25, -0.2) is 4.79 Å². The van der Waals surface area contributed by atoms with Gasteiger partial charge in [0, 0.05) is 4.91 Å². The molecule has 0 amide bonds. The van der Waals surface area contributed by atoms with Crippen LogP contribution in [0.3, 0.4) is 0 Å². The number of nitrogens with zero attached hydrogens (tertiary/aromatic N) is 3. The molecule has 0 saturated heterocycles. The summed E-state index contributed by atoms with van der Waals surface area (Å²) >= 11 is 0. The normalized spacial score (nSPS) is 28.4. The summed E-state index contributed by atoms with van der Waals surface area (Å²) in [6, 6.07) is 0. The molecule has 1 heterocycles. The lowest BCUT2D eigenvalue weighted by molar-refractivity contribution is -0.163. The lowest BCUT2D eigenvalue weighted by Gasteiger charge is -2.35. The molecule has 0 aromatic rings. The molecule has 0 aromatic heterocycles. The highest BCUT2D eigenvalue weighted by Crippen LogP contribution is 2.23. The van der Waals surface area contributed by atoms with E-state index in [4.69, 9.17) is 10.3 Å². The van der Waals surface area contributed by atoms with Gasteiger partial charge in [-0.1, -0.05) is 5.11 Å². The second-order valence-corrected chi connectivity index (χ2v) is 4.06. The maximum Gasteiger partial charge on any atom is 0.373 e. The summed E-state index contributed by atoms with van der Waals surface area (Å²) < 4.78 is 9.41. The summed E-state index contributed by atoms with van der Waals surface area (Å²) in [5.74, 6) is -1.30. The minimum atomic E-state index is -1.68. The molecule has 10 heteroatoms. The molecule has 0 saturated carbocycles. The zero-order valence-corrected chi connectivity index (χ0v) is 10.5. The van der Waals surface area contributed by atoms with Crippen LogP contribution in [0.5, 0.6) is 0 Å². The van der Waals surface area contributed by atoms with E-state index in [0.717, 1.165) is 13.2 Å². The van der Waals surface area contributed by atoms with Gasteiger partial charge in [0.25, 0.3) is 0 Å². The Kier molecular flexibility index (Phi) is 5.74. The van der Waals surface area contributed by atoms with Gasteiger partial charge in [0.1, 0.15) is 18.3 Å². The van der Waals surface area contributed by atoms with E-state index in [0.29, 0.717) is 0 Å². The van der Waals surface area contributed by atoms with Gasteiger partial charge < -0.3 is 29.9 Å². The standard InChI is InChI=1S/C10H15N3O7/c1-19-10(18)6-2-4(14)7(16)9(20-6)8(17)5(15)3-12-13-11/h2,4-5,7-9,14-17H,3H2,1H3/t4-,5+,7+,8+,9+/m0/s1. The Labute approximate surface area is 113 Å². The molecule has 10 nitrogen and oxygen atoms in total. The molecule has 1 aliphatic rings. The van der Waals surface area contributed by atoms with E-state index in [-0.39, 0.29) is 0 Å². The Hall–Kier alpha value is -1.84. The second kappa shape index (κ2) is 7.08. The van der Waals surface area contributed by atoms with Crippen molar-refractivity contribution in [2.75, 3.05) is 13.7 Å². The summed E-state index contributed by atoms with van der Waals surface area (Å²) in [5.41, 5.74) is 8.12. The number of ether oxygens (including phenoxy) is 2. The molecule has 0 fully saturated rings. The van der Waals surface area contributed by atoms with Crippen LogP contribution < -0.4 is 0 Å². The van der Waals surface area contributed by atoms with Gasteiger partial charge in [-0.15, -0.1) is 0 Å². The molecule has 112 valence electrons. The molecule has 0 bridgehead atoms. The summed E-state index contributed by atoms with van der Waals surface area (Å²) in [6.07, 6.45) is -6.82. The highest BCUT2D eigenvalue weighted by atomic mass is 16.6. The zero-order valence-electron chi connectivity index (χ0n) is 10.5. The fourth-order valence-electron chi connectivity index (χ4n) is 1.64. The Morgan fingerprint density at radius 3 is 2.80 bits per heavy atom. The molecule has 4 N–H and O–H groups in total. The maximum absolute atomic E-state index is 11.3. The number of methoxy groups -OCH3 is 1. The van der Waals surface area contributed by atoms with Crippen LogP contribution in [0.15, 0.2) is 16.9 Å². The van der Waals surface area contributed by atoms with Crippen LogP contribution in [0.2, 0.25) is 0 Å². The SMILES string of the molecule is COC(=O)C1=C[C@H](O)[C@@H](O)[C@H]([C@H](O)[C@H](O)CN=[N+]=[N-])O1. The average Bonchev–Trinajstić information content (AvgIpc) is 2.45. The topological polar surface area (TPSA) is 165 Å². The first-order valence-corrected chi connectivity index (χ1v) is 5.62. The quantitative estimate of drug-likeness (QED) is 0.200. The van der Waals surface area contributed by atoms with Crippen LogP contribution in [-0.4, -0.2) is 70.6 Å². The first-order chi connectivity index (χ1) is 9.42. The molecule has 0 unspecified atom stereocenters. The number of aliphatic hydroxyl groups excluding tert-OH is 4. The summed E-state index contributed by atoms with van der Waals surface area (Å²) in [4.78, 5) is 13.7. The average molecular weight is 289 g/mol. The van der Waals surface area contributed by atoms with Gasteiger partial charge in [-0.05, 0) is 11.6 Å². The van der Waals surface area contributed by atoms with Crippen molar-refractivity contribution in [3.8, 4) is 0 Å². The molecule has 0 aliphatic carbocycles. The van der Waals surface area contributed by atoms with Crippen LogP contribution >= 0.6 is 0 Å². The molecule has 5 atom stereocenters. The zero-order chi connectivity index (χ0) is 15.3. The van der Waals surface area contributed by atoms with Crippen LogP contribution in [0.1, 0.15) is 0 Å². The van der Waals surface area contributed by atoms with E-state index in [2.05, 4.69) is 14.8 Å². The van der Waals surface area contributed by atoms with Crippen LogP contribution in [0, 0.1) is 0 Å². The van der Waals surface area contributed by atoms with E-state index in [1.54, 1.807) is 0 Å². The molecule has 0 radical (unpaired) electrons. The van der Waals surface area contributed by atoms with Gasteiger partial charge in [-0.3, -0.25) is 0 Å². The monoisotopic (exact) mass is 289 g/mol. The van der Waals surface area contributed by atoms with Crippen LogP contribution in [0.25, 0.3) is 10.4 Å². The smallest absolute Gasteiger partial charge is 0.373 e. The Balaban J connectivity index is 2.86. The minimum Gasteiger partial charge on any atom is -0.478 e. The van der Waals surface area contributed by atoms with E-state index >= 15 is 0 Å². The van der Waals surface area contributed by atoms with Crippen LogP contribution in [0.4, 0.5) is 0 Å². The van der Waals surface area contributed by atoms with Crippen molar-refractivity contribution in [3.63, 3.8) is 0 Å². The largest absolute Gasteiger partial charge is 0.478 e. The summed E-state index contributed by atoms with van der Waals surface area (Å²) in [6.45, 7) is -0.461. The third-order valence-corrected chi connectivity index (χ3v) is 2.72. The molecule has 0 spiro atoms. The van der Waals surface area contributed by atoms with Crippen molar-refractivity contribution >= 4 is 5.97 Å². The van der Waals surface area contributed by atoms with Gasteiger partial charge in [0.05, 0.1) is 19.8 Å². The van der Waals surface area contributed by atoms with Crippen molar-refractivity contribution in [2.24, 2.45) is 5.11 Å². The summed E-state index contributed by atoms with van der Waals surface area (Å²) in [5, 5.41) is 41.7. The highest BCUT2D eigenvalue weighted by Gasteiger charge is 2.41. The van der Waals surface area contributed by atoms with Crippen molar-refractivity contribution in [2.45, 2.75) is 30.5 Å². The number of aliphatic hydroxyl groups is 4. The number of azide groups is 1. The molecule has 1 aliphatic heterocycles. The van der Waals surface area contributed by atoms with Gasteiger partial charge in [-0.2, -0.15) is 0 Å². The number of hydrogen-bond acceptors (Lipinski definition) is 8. The van der Waals surface area contributed by atoms with Crippen molar-refractivity contribution < 1.29 is 34.7 Å². The van der Waals surface area contributed by atoms with Gasteiger partial charge >= 0.3 is 5.97 Å². The number of carbonyl (C=O) groups excluding carboxylic acids is 1. The summed E-state index contributed by atoms with van der Waals surface area (Å²) in [7, 11) is 1.09. The Morgan fingerprint density at radius 1 is 1.60 bits per heavy atom. The Morgan fingerprint density at radius 2 is 2.25 bits per heavy atom. The van der Waals surface area contributed by atoms with E-state index < -0.39 is 48.8 Å². The maximum atomic E-state index is 11.3. The third-order valence-electron chi connectivity index (χ3n) is 2.72. The van der Waals surface area contributed by atoms with Gasteiger partial charge in [0.2, 0.25) is 5.76 Å². The fourth-order valence-corrected chi connectivity index (χ4v) is 1.64. The van der Waals surface area contributed by atoms with E-state index in [1.807, 2.05) is 0 Å². The minimum absolute atomic E-state index is 0.398. The lowest BCUT2D eigenvalue weighted by atomic mass is 9.96.